The van der Waals surface area contributed by atoms with E-state index in [9.17, 15) is 13.2 Å². The number of fused-ring (bicyclic) bond motifs is 1. The third-order valence-corrected chi connectivity index (χ3v) is 5.52. The Labute approximate surface area is 127 Å². The van der Waals surface area contributed by atoms with Gasteiger partial charge in [0.1, 0.15) is 0 Å². The number of allylic oxidation sites excluding steroid dienone is 1. The normalized spacial score (nSPS) is 14.2. The lowest BCUT2D eigenvalue weighted by Crippen LogP contribution is -2.31. The van der Waals surface area contributed by atoms with Crippen LogP contribution in [0.25, 0.3) is 6.08 Å². The van der Waals surface area contributed by atoms with Crippen molar-refractivity contribution >= 4 is 33.3 Å². The fraction of sp³-hybridized carbons (Fsp3) is 0.133. The largest absolute Gasteiger partial charge is 0.268 e. The molecule has 1 heterocycles. The summed E-state index contributed by atoms with van der Waals surface area (Å²) >= 11 is 1.35. The maximum atomic E-state index is 12.3. The van der Waals surface area contributed by atoms with Gasteiger partial charge in [0.15, 0.2) is 0 Å². The monoisotopic (exact) mass is 319 g/mol. The topological polar surface area (TPSA) is 63.2 Å². The van der Waals surface area contributed by atoms with Crippen molar-refractivity contribution in [2.45, 2.75) is 12.8 Å². The van der Waals surface area contributed by atoms with Crippen LogP contribution in [-0.2, 0) is 16.4 Å². The highest BCUT2D eigenvalue weighted by atomic mass is 32.2. The molecule has 0 aliphatic heterocycles. The number of aryl methyl sites for hydroxylation is 1. The number of carbonyl (C=O) groups excluding carboxylic acids is 1. The smallest absolute Gasteiger partial charge is 0.265 e. The Morgan fingerprint density at radius 1 is 1.14 bits per heavy atom. The van der Waals surface area contributed by atoms with Crippen molar-refractivity contribution < 1.29 is 13.2 Å². The Balaban J connectivity index is 1.86. The standard InChI is InChI=1S/C15H13NO3S2/c17-15(13-7-8-20-10-13)16-21(18,19)14-6-5-11-3-1-2-4-12(11)9-14/h1-4,7-10H,5-6H2,(H,16,17). The van der Waals surface area contributed by atoms with Crippen LogP contribution < -0.4 is 4.72 Å². The molecule has 1 aromatic carbocycles. The summed E-state index contributed by atoms with van der Waals surface area (Å²) in [6.45, 7) is 0. The van der Waals surface area contributed by atoms with Gasteiger partial charge in [-0.05, 0) is 41.5 Å². The zero-order valence-corrected chi connectivity index (χ0v) is 12.7. The van der Waals surface area contributed by atoms with Gasteiger partial charge < -0.3 is 0 Å². The Hall–Kier alpha value is -1.92. The molecule has 4 nitrogen and oxygen atoms in total. The van der Waals surface area contributed by atoms with Crippen molar-refractivity contribution in [2.24, 2.45) is 0 Å². The lowest BCUT2D eigenvalue weighted by atomic mass is 9.98. The molecule has 0 saturated carbocycles. The first-order chi connectivity index (χ1) is 10.1. The fourth-order valence-corrected chi connectivity index (χ4v) is 4.04. The first kappa shape index (κ1) is 14.0. The number of benzene rings is 1. The number of nitrogens with one attached hydrogen (secondary N) is 1. The molecule has 0 spiro atoms. The van der Waals surface area contributed by atoms with E-state index in [1.54, 1.807) is 22.9 Å². The average molecular weight is 319 g/mol. The molecule has 108 valence electrons. The molecule has 1 amide bonds. The van der Waals surface area contributed by atoms with Gasteiger partial charge in [0.25, 0.3) is 15.9 Å². The Bertz CT molecular complexity index is 805. The minimum Gasteiger partial charge on any atom is -0.268 e. The fourth-order valence-electron chi connectivity index (χ4n) is 2.26. The lowest BCUT2D eigenvalue weighted by molar-refractivity contribution is 0.0982. The molecule has 6 heteroatoms. The molecular weight excluding hydrogens is 306 g/mol. The molecule has 0 fully saturated rings. The van der Waals surface area contributed by atoms with Crippen molar-refractivity contribution in [1.29, 1.82) is 0 Å². The van der Waals surface area contributed by atoms with E-state index in [1.807, 2.05) is 24.3 Å². The maximum absolute atomic E-state index is 12.3. The lowest BCUT2D eigenvalue weighted by Gasteiger charge is -2.16. The van der Waals surface area contributed by atoms with Crippen molar-refractivity contribution in [3.05, 3.63) is 62.7 Å². The van der Waals surface area contributed by atoms with Crippen LogP contribution in [0.5, 0.6) is 0 Å². The molecule has 0 radical (unpaired) electrons. The summed E-state index contributed by atoms with van der Waals surface area (Å²) in [5.74, 6) is -0.587. The van der Waals surface area contributed by atoms with Gasteiger partial charge in [0.2, 0.25) is 0 Å². The predicted molar refractivity (Wildman–Crippen MR) is 83.4 cm³/mol. The van der Waals surface area contributed by atoms with E-state index in [2.05, 4.69) is 4.72 Å². The molecule has 1 aliphatic rings. The Morgan fingerprint density at radius 2 is 1.95 bits per heavy atom. The van der Waals surface area contributed by atoms with Crippen molar-refractivity contribution in [2.75, 3.05) is 0 Å². The number of hydrogen-bond donors (Lipinski definition) is 1. The van der Waals surface area contributed by atoms with Gasteiger partial charge in [-0.25, -0.2) is 13.1 Å². The second-order valence-corrected chi connectivity index (χ2v) is 7.27. The van der Waals surface area contributed by atoms with Crippen LogP contribution >= 0.6 is 11.3 Å². The Morgan fingerprint density at radius 3 is 2.71 bits per heavy atom. The molecule has 0 atom stereocenters. The van der Waals surface area contributed by atoms with Gasteiger partial charge in [-0.2, -0.15) is 11.3 Å². The molecule has 0 bridgehead atoms. The van der Waals surface area contributed by atoms with Crippen LogP contribution in [0.2, 0.25) is 0 Å². The molecule has 0 unspecified atom stereocenters. The number of carbonyl (C=O) groups is 1. The van der Waals surface area contributed by atoms with Crippen LogP contribution in [0.4, 0.5) is 0 Å². The summed E-state index contributed by atoms with van der Waals surface area (Å²) < 4.78 is 26.7. The van der Waals surface area contributed by atoms with E-state index in [0.717, 1.165) is 11.1 Å². The number of amides is 1. The maximum Gasteiger partial charge on any atom is 0.265 e. The average Bonchev–Trinajstić information content (AvgIpc) is 3.00. The summed E-state index contributed by atoms with van der Waals surface area (Å²) in [7, 11) is -3.79. The Kier molecular flexibility index (Phi) is 3.65. The molecule has 21 heavy (non-hydrogen) atoms. The second-order valence-electron chi connectivity index (χ2n) is 4.76. The summed E-state index contributed by atoms with van der Waals surface area (Å²) in [6.07, 6.45) is 2.71. The van der Waals surface area contributed by atoms with Gasteiger partial charge in [-0.15, -0.1) is 0 Å². The SMILES string of the molecule is O=C(NS(=O)(=O)C1=Cc2ccccc2CC1)c1ccsc1. The van der Waals surface area contributed by atoms with Gasteiger partial charge in [0.05, 0.1) is 10.5 Å². The number of rotatable bonds is 3. The zero-order valence-electron chi connectivity index (χ0n) is 11.1. The van der Waals surface area contributed by atoms with Gasteiger partial charge in [-0.3, -0.25) is 4.79 Å². The molecule has 0 saturated heterocycles. The highest BCUT2D eigenvalue weighted by Crippen LogP contribution is 2.26. The number of hydrogen-bond acceptors (Lipinski definition) is 4. The first-order valence-corrected chi connectivity index (χ1v) is 8.87. The van der Waals surface area contributed by atoms with Gasteiger partial charge >= 0.3 is 0 Å². The van der Waals surface area contributed by atoms with E-state index in [-0.39, 0.29) is 4.91 Å². The summed E-state index contributed by atoms with van der Waals surface area (Å²) in [6, 6.07) is 9.27. The van der Waals surface area contributed by atoms with Crippen LogP contribution in [-0.4, -0.2) is 14.3 Å². The van der Waals surface area contributed by atoms with Crippen molar-refractivity contribution in [1.82, 2.24) is 4.72 Å². The third kappa shape index (κ3) is 2.91. The number of sulfonamides is 1. The summed E-state index contributed by atoms with van der Waals surface area (Å²) in [5, 5.41) is 3.35. The van der Waals surface area contributed by atoms with Crippen LogP contribution in [0.3, 0.4) is 0 Å². The van der Waals surface area contributed by atoms with E-state index in [1.165, 1.54) is 11.3 Å². The minimum atomic E-state index is -3.79. The van der Waals surface area contributed by atoms with Gasteiger partial charge in [-0.1, -0.05) is 24.3 Å². The zero-order chi connectivity index (χ0) is 14.9. The minimum absolute atomic E-state index is 0.254. The van der Waals surface area contributed by atoms with Gasteiger partial charge in [0, 0.05) is 5.38 Å². The molecule has 1 N–H and O–H groups in total. The van der Waals surface area contributed by atoms with E-state index >= 15 is 0 Å². The van der Waals surface area contributed by atoms with Crippen molar-refractivity contribution in [3.63, 3.8) is 0 Å². The van der Waals surface area contributed by atoms with Crippen molar-refractivity contribution in [3.8, 4) is 0 Å². The van der Waals surface area contributed by atoms with E-state index in [4.69, 9.17) is 0 Å². The number of thiophene rings is 1. The second kappa shape index (κ2) is 5.46. The molecule has 3 rings (SSSR count). The third-order valence-electron chi connectivity index (χ3n) is 3.37. The summed E-state index contributed by atoms with van der Waals surface area (Å²) in [4.78, 5) is 12.2. The van der Waals surface area contributed by atoms with Crippen LogP contribution in [0, 0.1) is 0 Å². The van der Waals surface area contributed by atoms with E-state index in [0.29, 0.717) is 18.4 Å². The molecule has 1 aliphatic carbocycles. The van der Waals surface area contributed by atoms with Crippen LogP contribution in [0.15, 0.2) is 46.0 Å². The quantitative estimate of drug-likeness (QED) is 0.946. The molecular formula is C15H13NO3S2. The predicted octanol–water partition coefficient (Wildman–Crippen LogP) is 2.80. The highest BCUT2D eigenvalue weighted by molar-refractivity contribution is 7.94. The van der Waals surface area contributed by atoms with Crippen LogP contribution in [0.1, 0.15) is 27.9 Å². The molecule has 2 aromatic rings. The first-order valence-electron chi connectivity index (χ1n) is 6.44. The van der Waals surface area contributed by atoms with E-state index < -0.39 is 15.9 Å². The molecule has 1 aromatic heterocycles. The summed E-state index contributed by atoms with van der Waals surface area (Å²) in [5.41, 5.74) is 2.38. The highest BCUT2D eigenvalue weighted by Gasteiger charge is 2.24.